The van der Waals surface area contributed by atoms with Crippen molar-refractivity contribution in [3.05, 3.63) is 34.4 Å². The van der Waals surface area contributed by atoms with Crippen LogP contribution < -0.4 is 4.74 Å². The van der Waals surface area contributed by atoms with Crippen molar-refractivity contribution in [1.29, 1.82) is 0 Å². The zero-order valence-electron chi connectivity index (χ0n) is 13.5. The topological polar surface area (TPSA) is 47.9 Å². The van der Waals surface area contributed by atoms with E-state index in [2.05, 4.69) is 4.99 Å². The molecule has 1 saturated carbocycles. The fraction of sp³-hybridized carbons (Fsp3) is 0.474. The summed E-state index contributed by atoms with van der Waals surface area (Å²) in [6, 6.07) is 5.45. The van der Waals surface area contributed by atoms with Crippen LogP contribution >= 0.6 is 11.6 Å². The standard InChI is InChI=1S/C19H20ClNO3/c20-16-10-9-12(11-17(16)23-13-5-1-2-6-13)21-18-14-7-3-4-8-15(14)19(22)24-18/h9-11,13H,1-8H2. The van der Waals surface area contributed by atoms with E-state index in [-0.39, 0.29) is 12.1 Å². The number of nitrogens with zero attached hydrogens (tertiary/aromatic N) is 1. The van der Waals surface area contributed by atoms with Crippen molar-refractivity contribution in [3.8, 4) is 5.75 Å². The Labute approximate surface area is 146 Å². The van der Waals surface area contributed by atoms with Gasteiger partial charge in [-0.25, -0.2) is 9.79 Å². The minimum Gasteiger partial charge on any atom is -0.489 e. The van der Waals surface area contributed by atoms with Crippen LogP contribution in [0.15, 0.2) is 34.3 Å². The summed E-state index contributed by atoms with van der Waals surface area (Å²) in [5.41, 5.74) is 2.48. The smallest absolute Gasteiger partial charge is 0.341 e. The summed E-state index contributed by atoms with van der Waals surface area (Å²) in [6.45, 7) is 0. The molecule has 2 aliphatic carbocycles. The number of rotatable bonds is 3. The number of hydrogen-bond acceptors (Lipinski definition) is 4. The Morgan fingerprint density at radius 1 is 1.08 bits per heavy atom. The molecule has 24 heavy (non-hydrogen) atoms. The number of benzene rings is 1. The van der Waals surface area contributed by atoms with Gasteiger partial charge in [-0.2, -0.15) is 0 Å². The summed E-state index contributed by atoms with van der Waals surface area (Å²) < 4.78 is 11.4. The monoisotopic (exact) mass is 345 g/mol. The lowest BCUT2D eigenvalue weighted by atomic mass is 9.93. The second-order valence-corrected chi connectivity index (χ2v) is 7.02. The zero-order valence-corrected chi connectivity index (χ0v) is 14.3. The Bertz CT molecular complexity index is 732. The zero-order chi connectivity index (χ0) is 16.5. The van der Waals surface area contributed by atoms with Gasteiger partial charge in [0, 0.05) is 17.2 Å². The molecule has 4 nitrogen and oxygen atoms in total. The number of esters is 1. The van der Waals surface area contributed by atoms with Gasteiger partial charge in [0.25, 0.3) is 0 Å². The first kappa shape index (κ1) is 15.7. The van der Waals surface area contributed by atoms with E-state index in [1.807, 2.05) is 12.1 Å². The van der Waals surface area contributed by atoms with E-state index in [0.29, 0.717) is 22.4 Å². The van der Waals surface area contributed by atoms with Crippen LogP contribution in [0.3, 0.4) is 0 Å². The maximum absolute atomic E-state index is 12.0. The number of cyclic esters (lactones) is 1. The summed E-state index contributed by atoms with van der Waals surface area (Å²) in [5.74, 6) is 0.872. The Morgan fingerprint density at radius 2 is 1.83 bits per heavy atom. The van der Waals surface area contributed by atoms with Gasteiger partial charge in [0.15, 0.2) is 0 Å². The predicted molar refractivity (Wildman–Crippen MR) is 93.0 cm³/mol. The van der Waals surface area contributed by atoms with Crippen molar-refractivity contribution in [2.24, 2.45) is 4.99 Å². The van der Waals surface area contributed by atoms with Gasteiger partial charge < -0.3 is 9.47 Å². The van der Waals surface area contributed by atoms with Gasteiger partial charge >= 0.3 is 5.97 Å². The molecule has 4 rings (SSSR count). The van der Waals surface area contributed by atoms with Gasteiger partial charge in [-0.1, -0.05) is 11.6 Å². The summed E-state index contributed by atoms with van der Waals surface area (Å²) >= 11 is 6.26. The summed E-state index contributed by atoms with van der Waals surface area (Å²) in [5, 5.41) is 0.590. The fourth-order valence-electron chi connectivity index (χ4n) is 3.62. The van der Waals surface area contributed by atoms with Crippen molar-refractivity contribution < 1.29 is 14.3 Å². The van der Waals surface area contributed by atoms with Crippen LogP contribution in [-0.2, 0) is 9.53 Å². The summed E-state index contributed by atoms with van der Waals surface area (Å²) in [4.78, 5) is 16.5. The summed E-state index contributed by atoms with van der Waals surface area (Å²) in [7, 11) is 0. The van der Waals surface area contributed by atoms with E-state index in [9.17, 15) is 4.79 Å². The maximum atomic E-state index is 12.0. The van der Waals surface area contributed by atoms with Crippen molar-refractivity contribution in [2.45, 2.75) is 57.5 Å². The Hall–Kier alpha value is -1.81. The SMILES string of the molecule is O=C1OC(=Nc2ccc(Cl)c(OC3CCCC3)c2)C2=C1CCCC2. The van der Waals surface area contributed by atoms with Crippen LogP contribution in [0.5, 0.6) is 5.75 Å². The third kappa shape index (κ3) is 3.07. The molecule has 0 atom stereocenters. The molecule has 0 radical (unpaired) electrons. The van der Waals surface area contributed by atoms with Gasteiger partial charge in [0.1, 0.15) is 5.75 Å². The van der Waals surface area contributed by atoms with E-state index < -0.39 is 0 Å². The minimum atomic E-state index is -0.236. The molecule has 3 aliphatic rings. The lowest BCUT2D eigenvalue weighted by Crippen LogP contribution is -2.11. The first-order valence-corrected chi connectivity index (χ1v) is 9.08. The Balaban J connectivity index is 1.60. The summed E-state index contributed by atoms with van der Waals surface area (Å²) in [6.07, 6.45) is 8.57. The molecule has 1 fully saturated rings. The highest BCUT2D eigenvalue weighted by Crippen LogP contribution is 2.36. The predicted octanol–water partition coefficient (Wildman–Crippen LogP) is 5.12. The molecular formula is C19H20ClNO3. The highest BCUT2D eigenvalue weighted by Gasteiger charge is 2.32. The Kier molecular flexibility index (Phi) is 4.31. The first-order chi connectivity index (χ1) is 11.7. The van der Waals surface area contributed by atoms with Crippen molar-refractivity contribution in [1.82, 2.24) is 0 Å². The molecular weight excluding hydrogens is 326 g/mol. The van der Waals surface area contributed by atoms with E-state index in [1.54, 1.807) is 6.07 Å². The molecule has 0 spiro atoms. The number of hydrogen-bond donors (Lipinski definition) is 0. The molecule has 0 saturated heterocycles. The van der Waals surface area contributed by atoms with Gasteiger partial charge in [0.2, 0.25) is 5.90 Å². The largest absolute Gasteiger partial charge is 0.489 e. The maximum Gasteiger partial charge on any atom is 0.341 e. The third-order valence-corrected chi connectivity index (χ3v) is 5.22. The van der Waals surface area contributed by atoms with E-state index >= 15 is 0 Å². The normalized spacial score (nSPS) is 22.9. The highest BCUT2D eigenvalue weighted by molar-refractivity contribution is 6.32. The molecule has 0 bridgehead atoms. The molecule has 0 unspecified atom stereocenters. The number of aliphatic imine (C=N–C) groups is 1. The van der Waals surface area contributed by atoms with Crippen molar-refractivity contribution in [2.75, 3.05) is 0 Å². The molecule has 5 heteroatoms. The average Bonchev–Trinajstić information content (AvgIpc) is 3.20. The van der Waals surface area contributed by atoms with E-state index in [1.165, 1.54) is 12.8 Å². The second kappa shape index (κ2) is 6.60. The number of ether oxygens (including phenoxy) is 2. The van der Waals surface area contributed by atoms with Crippen molar-refractivity contribution >= 4 is 29.2 Å². The van der Waals surface area contributed by atoms with Gasteiger partial charge in [-0.3, -0.25) is 0 Å². The third-order valence-electron chi connectivity index (χ3n) is 4.90. The lowest BCUT2D eigenvalue weighted by molar-refractivity contribution is -0.130. The van der Waals surface area contributed by atoms with Crippen LogP contribution in [0, 0.1) is 0 Å². The van der Waals surface area contributed by atoms with Crippen LogP contribution in [0.2, 0.25) is 5.02 Å². The van der Waals surface area contributed by atoms with Crippen molar-refractivity contribution in [3.63, 3.8) is 0 Å². The van der Waals surface area contributed by atoms with E-state index in [0.717, 1.165) is 49.7 Å². The fourth-order valence-corrected chi connectivity index (χ4v) is 3.78. The van der Waals surface area contributed by atoms with Gasteiger partial charge in [-0.15, -0.1) is 0 Å². The average molecular weight is 346 g/mol. The molecule has 1 aromatic carbocycles. The quantitative estimate of drug-likeness (QED) is 0.714. The molecule has 126 valence electrons. The van der Waals surface area contributed by atoms with Crippen LogP contribution in [-0.4, -0.2) is 18.0 Å². The lowest BCUT2D eigenvalue weighted by Gasteiger charge is -2.14. The molecule has 0 aromatic heterocycles. The Morgan fingerprint density at radius 3 is 2.62 bits per heavy atom. The van der Waals surface area contributed by atoms with Crippen LogP contribution in [0.4, 0.5) is 5.69 Å². The minimum absolute atomic E-state index is 0.236. The molecule has 1 aliphatic heterocycles. The number of halogens is 1. The van der Waals surface area contributed by atoms with Gasteiger partial charge in [-0.05, 0) is 63.5 Å². The molecule has 0 amide bonds. The first-order valence-electron chi connectivity index (χ1n) is 8.70. The van der Waals surface area contributed by atoms with Gasteiger partial charge in [0.05, 0.1) is 16.8 Å². The van der Waals surface area contributed by atoms with E-state index in [4.69, 9.17) is 21.1 Å². The molecule has 1 heterocycles. The van der Waals surface area contributed by atoms with Crippen LogP contribution in [0.25, 0.3) is 0 Å². The molecule has 0 N–H and O–H groups in total. The number of carbonyl (C=O) groups excluding carboxylic acids is 1. The highest BCUT2D eigenvalue weighted by atomic mass is 35.5. The second-order valence-electron chi connectivity index (χ2n) is 6.61. The molecule has 1 aromatic rings. The number of carbonyl (C=O) groups is 1. The van der Waals surface area contributed by atoms with Crippen LogP contribution in [0.1, 0.15) is 51.4 Å².